The van der Waals surface area contributed by atoms with E-state index in [9.17, 15) is 4.79 Å². The maximum absolute atomic E-state index is 11.9. The molecule has 7 heteroatoms. The average molecular weight is 417 g/mol. The van der Waals surface area contributed by atoms with E-state index >= 15 is 0 Å². The molecule has 31 heavy (non-hydrogen) atoms. The smallest absolute Gasteiger partial charge is 0.227 e. The van der Waals surface area contributed by atoms with Crippen LogP contribution in [0, 0.1) is 0 Å². The summed E-state index contributed by atoms with van der Waals surface area (Å²) in [5, 5.41) is 6.59. The highest BCUT2D eigenvalue weighted by molar-refractivity contribution is 5.95. The van der Waals surface area contributed by atoms with Crippen LogP contribution in [0.4, 0.5) is 5.69 Å². The zero-order chi connectivity index (χ0) is 21.5. The number of anilines is 1. The summed E-state index contributed by atoms with van der Waals surface area (Å²) in [6.07, 6.45) is 3.43. The van der Waals surface area contributed by atoms with Crippen LogP contribution < -0.4 is 15.5 Å². The van der Waals surface area contributed by atoms with Gasteiger partial charge in [0.05, 0.1) is 25.0 Å². The third-order valence-corrected chi connectivity index (χ3v) is 5.22. The van der Waals surface area contributed by atoms with Gasteiger partial charge < -0.3 is 20.5 Å². The van der Waals surface area contributed by atoms with E-state index in [1.54, 1.807) is 0 Å². The lowest BCUT2D eigenvalue weighted by atomic mass is 10.2. The van der Waals surface area contributed by atoms with Crippen LogP contribution in [0.3, 0.4) is 0 Å². The summed E-state index contributed by atoms with van der Waals surface area (Å²) >= 11 is 0. The zero-order valence-corrected chi connectivity index (χ0v) is 17.8. The molecule has 3 N–H and O–H groups in total. The Hall–Kier alpha value is -3.61. The van der Waals surface area contributed by atoms with Crippen LogP contribution in [0.25, 0.3) is 11.3 Å². The number of nitrogens with zero attached hydrogens (tertiary/aromatic N) is 3. The van der Waals surface area contributed by atoms with Crippen LogP contribution in [-0.4, -0.2) is 34.9 Å². The van der Waals surface area contributed by atoms with Crippen molar-refractivity contribution in [3.05, 3.63) is 72.2 Å². The minimum atomic E-state index is 0.206. The van der Waals surface area contributed by atoms with E-state index in [2.05, 4.69) is 37.7 Å². The number of H-pyrrole nitrogens is 1. The van der Waals surface area contributed by atoms with Gasteiger partial charge in [0.2, 0.25) is 5.91 Å². The minimum Gasteiger partial charge on any atom is -0.357 e. The molecule has 0 atom stereocenters. The number of nitrogens with one attached hydrogen (secondary N) is 3. The SMILES string of the molecule is CCNC(=NCc1ccc(N2CCCC2=O)cc1)NCc1ncc(-c2ccccc2)[nH]1. The van der Waals surface area contributed by atoms with Gasteiger partial charge in [-0.25, -0.2) is 9.98 Å². The molecule has 2 heterocycles. The Bertz CT molecular complexity index is 1030. The number of guanidine groups is 1. The standard InChI is InChI=1S/C24H28N6O/c1-2-25-24(28-17-22-26-16-21(29-22)19-7-4-3-5-8-19)27-15-18-10-12-20(13-11-18)30-14-6-9-23(30)31/h3-5,7-8,10-13,16H,2,6,9,14-15,17H2,1H3,(H,26,29)(H2,25,27,28). The molecule has 1 saturated heterocycles. The minimum absolute atomic E-state index is 0.206. The van der Waals surface area contributed by atoms with Crippen LogP contribution in [0.15, 0.2) is 65.8 Å². The van der Waals surface area contributed by atoms with E-state index < -0.39 is 0 Å². The normalized spacial score (nSPS) is 14.2. The number of hydrogen-bond donors (Lipinski definition) is 3. The third-order valence-electron chi connectivity index (χ3n) is 5.22. The van der Waals surface area contributed by atoms with Crippen molar-refractivity contribution in [3.63, 3.8) is 0 Å². The topological polar surface area (TPSA) is 85.4 Å². The molecule has 0 saturated carbocycles. The van der Waals surface area contributed by atoms with Gasteiger partial charge in [0.25, 0.3) is 0 Å². The maximum atomic E-state index is 11.9. The molecule has 160 valence electrons. The molecular weight excluding hydrogens is 388 g/mol. The first-order valence-corrected chi connectivity index (χ1v) is 10.7. The molecule has 1 aliphatic heterocycles. The molecule has 3 aromatic rings. The second kappa shape index (κ2) is 9.93. The maximum Gasteiger partial charge on any atom is 0.227 e. The zero-order valence-electron chi connectivity index (χ0n) is 17.8. The predicted molar refractivity (Wildman–Crippen MR) is 124 cm³/mol. The number of hydrogen-bond acceptors (Lipinski definition) is 3. The van der Waals surface area contributed by atoms with E-state index in [0.717, 1.165) is 53.8 Å². The number of aromatic amines is 1. The molecule has 1 aliphatic rings. The fourth-order valence-electron chi connectivity index (χ4n) is 3.60. The molecular formula is C24H28N6O. The Kier molecular flexibility index (Phi) is 6.62. The number of amides is 1. The molecule has 0 spiro atoms. The summed E-state index contributed by atoms with van der Waals surface area (Å²) < 4.78 is 0. The fourth-order valence-corrected chi connectivity index (χ4v) is 3.60. The highest BCUT2D eigenvalue weighted by Crippen LogP contribution is 2.21. The molecule has 7 nitrogen and oxygen atoms in total. The highest BCUT2D eigenvalue weighted by Gasteiger charge is 2.21. The van der Waals surface area contributed by atoms with Crippen molar-refractivity contribution in [2.75, 3.05) is 18.0 Å². The summed E-state index contributed by atoms with van der Waals surface area (Å²) in [5.74, 6) is 1.79. The lowest BCUT2D eigenvalue weighted by Crippen LogP contribution is -2.37. The summed E-state index contributed by atoms with van der Waals surface area (Å²) in [6.45, 7) is 4.73. The monoisotopic (exact) mass is 416 g/mol. The first kappa shape index (κ1) is 20.7. The second-order valence-electron chi connectivity index (χ2n) is 7.47. The van der Waals surface area contributed by atoms with Crippen molar-refractivity contribution < 1.29 is 4.79 Å². The lowest BCUT2D eigenvalue weighted by molar-refractivity contribution is -0.117. The van der Waals surface area contributed by atoms with E-state index in [1.165, 1.54) is 0 Å². The van der Waals surface area contributed by atoms with Gasteiger partial charge in [-0.1, -0.05) is 42.5 Å². The van der Waals surface area contributed by atoms with Crippen LogP contribution in [-0.2, 0) is 17.9 Å². The molecule has 1 fully saturated rings. The molecule has 0 bridgehead atoms. The Morgan fingerprint density at radius 3 is 2.65 bits per heavy atom. The van der Waals surface area contributed by atoms with E-state index in [1.807, 2.05) is 60.5 Å². The number of carbonyl (C=O) groups is 1. The van der Waals surface area contributed by atoms with Crippen molar-refractivity contribution in [1.82, 2.24) is 20.6 Å². The number of benzene rings is 2. The van der Waals surface area contributed by atoms with Gasteiger partial charge in [0.1, 0.15) is 5.82 Å². The molecule has 1 amide bonds. The Labute approximate surface area is 182 Å². The van der Waals surface area contributed by atoms with E-state index in [-0.39, 0.29) is 5.91 Å². The summed E-state index contributed by atoms with van der Waals surface area (Å²) in [4.78, 5) is 26.2. The van der Waals surface area contributed by atoms with Gasteiger partial charge in [-0.3, -0.25) is 4.79 Å². The quantitative estimate of drug-likeness (QED) is 0.407. The second-order valence-corrected chi connectivity index (χ2v) is 7.47. The van der Waals surface area contributed by atoms with Crippen LogP contribution in [0.2, 0.25) is 0 Å². The largest absolute Gasteiger partial charge is 0.357 e. The van der Waals surface area contributed by atoms with Gasteiger partial charge in [0, 0.05) is 25.2 Å². The number of imidazole rings is 1. The lowest BCUT2D eigenvalue weighted by Gasteiger charge is -2.15. The van der Waals surface area contributed by atoms with Crippen LogP contribution >= 0.6 is 0 Å². The summed E-state index contributed by atoms with van der Waals surface area (Å²) in [5.41, 5.74) is 4.17. The number of rotatable bonds is 7. The molecule has 4 rings (SSSR count). The summed E-state index contributed by atoms with van der Waals surface area (Å²) in [7, 11) is 0. The van der Waals surface area contributed by atoms with Gasteiger partial charge in [-0.15, -0.1) is 0 Å². The average Bonchev–Trinajstić information content (AvgIpc) is 3.46. The molecule has 0 unspecified atom stereocenters. The third kappa shape index (κ3) is 5.31. The first-order chi connectivity index (χ1) is 15.2. The molecule has 1 aromatic heterocycles. The van der Waals surface area contributed by atoms with Gasteiger partial charge in [-0.05, 0) is 36.6 Å². The van der Waals surface area contributed by atoms with Gasteiger partial charge >= 0.3 is 0 Å². The number of aromatic nitrogens is 2. The van der Waals surface area contributed by atoms with E-state index in [0.29, 0.717) is 19.5 Å². The van der Waals surface area contributed by atoms with Crippen molar-refractivity contribution in [2.45, 2.75) is 32.9 Å². The van der Waals surface area contributed by atoms with Crippen molar-refractivity contribution >= 4 is 17.6 Å². The Balaban J connectivity index is 1.35. The molecule has 0 aliphatic carbocycles. The fraction of sp³-hybridized carbons (Fsp3) is 0.292. The van der Waals surface area contributed by atoms with Crippen LogP contribution in [0.5, 0.6) is 0 Å². The van der Waals surface area contributed by atoms with Crippen LogP contribution in [0.1, 0.15) is 31.2 Å². The number of carbonyl (C=O) groups excluding carboxylic acids is 1. The van der Waals surface area contributed by atoms with Crippen molar-refractivity contribution in [2.24, 2.45) is 4.99 Å². The Morgan fingerprint density at radius 1 is 1.13 bits per heavy atom. The van der Waals surface area contributed by atoms with Crippen molar-refractivity contribution in [1.29, 1.82) is 0 Å². The number of aliphatic imine (C=N–C) groups is 1. The Morgan fingerprint density at radius 2 is 1.94 bits per heavy atom. The van der Waals surface area contributed by atoms with Gasteiger partial charge in [0.15, 0.2) is 5.96 Å². The van der Waals surface area contributed by atoms with E-state index in [4.69, 9.17) is 0 Å². The van der Waals surface area contributed by atoms with Crippen molar-refractivity contribution in [3.8, 4) is 11.3 Å². The summed E-state index contributed by atoms with van der Waals surface area (Å²) in [6, 6.07) is 18.2. The molecule has 0 radical (unpaired) electrons. The highest BCUT2D eigenvalue weighted by atomic mass is 16.2. The predicted octanol–water partition coefficient (Wildman–Crippen LogP) is 3.46. The van der Waals surface area contributed by atoms with Gasteiger partial charge in [-0.2, -0.15) is 0 Å². The molecule has 2 aromatic carbocycles. The first-order valence-electron chi connectivity index (χ1n) is 10.7.